The van der Waals surface area contributed by atoms with Gasteiger partial charge >= 0.3 is 5.97 Å². The van der Waals surface area contributed by atoms with E-state index in [0.717, 1.165) is 14.9 Å². The first-order valence-electron chi connectivity index (χ1n) is 6.91. The third-order valence-electron chi connectivity index (χ3n) is 3.48. The van der Waals surface area contributed by atoms with Crippen LogP contribution in [0.2, 0.25) is 0 Å². The number of fused-ring (bicyclic) bond motifs is 1. The Morgan fingerprint density at radius 2 is 1.52 bits per heavy atom. The maximum absolute atomic E-state index is 12.1. The molecule has 116 valence electrons. The number of nitrogens with zero attached hydrogens (tertiary/aromatic N) is 1. The molecule has 0 fully saturated rings. The average Bonchev–Trinajstić information content (AvgIpc) is 2.80. The zero-order valence-corrected chi connectivity index (χ0v) is 13.6. The van der Waals surface area contributed by atoms with Crippen molar-refractivity contribution in [2.45, 2.75) is 6.61 Å². The van der Waals surface area contributed by atoms with Crippen LogP contribution in [0.1, 0.15) is 26.3 Å². The lowest BCUT2D eigenvalue weighted by molar-refractivity contribution is -0.145. The van der Waals surface area contributed by atoms with Crippen molar-refractivity contribution in [2.24, 2.45) is 0 Å². The van der Waals surface area contributed by atoms with E-state index in [4.69, 9.17) is 4.74 Å². The van der Waals surface area contributed by atoms with Crippen molar-refractivity contribution in [1.29, 1.82) is 0 Å². The highest BCUT2D eigenvalue weighted by molar-refractivity contribution is 9.10. The second-order valence-electron chi connectivity index (χ2n) is 5.03. The number of halogens is 1. The number of rotatable bonds is 4. The lowest BCUT2D eigenvalue weighted by atomic mass is 10.1. The van der Waals surface area contributed by atoms with Crippen LogP contribution in [0.15, 0.2) is 53.0 Å². The van der Waals surface area contributed by atoms with Gasteiger partial charge in [-0.1, -0.05) is 40.2 Å². The van der Waals surface area contributed by atoms with Gasteiger partial charge < -0.3 is 4.74 Å². The molecule has 0 N–H and O–H groups in total. The van der Waals surface area contributed by atoms with Gasteiger partial charge in [-0.15, -0.1) is 0 Å². The van der Waals surface area contributed by atoms with Crippen LogP contribution in [0, 0.1) is 0 Å². The van der Waals surface area contributed by atoms with Gasteiger partial charge in [0.1, 0.15) is 13.2 Å². The monoisotopic (exact) mass is 373 g/mol. The highest BCUT2D eigenvalue weighted by Crippen LogP contribution is 2.22. The lowest BCUT2D eigenvalue weighted by Crippen LogP contribution is -2.35. The van der Waals surface area contributed by atoms with E-state index in [9.17, 15) is 14.4 Å². The molecule has 0 aliphatic carbocycles. The van der Waals surface area contributed by atoms with Crippen molar-refractivity contribution >= 4 is 33.7 Å². The summed E-state index contributed by atoms with van der Waals surface area (Å²) < 4.78 is 6.05. The minimum Gasteiger partial charge on any atom is -0.459 e. The summed E-state index contributed by atoms with van der Waals surface area (Å²) in [5.74, 6) is -1.56. The molecule has 0 aromatic heterocycles. The molecule has 2 amide bonds. The molecule has 2 aromatic rings. The number of carbonyl (C=O) groups excluding carboxylic acids is 3. The largest absolute Gasteiger partial charge is 0.459 e. The van der Waals surface area contributed by atoms with Crippen LogP contribution in [0.3, 0.4) is 0 Å². The van der Waals surface area contributed by atoms with Gasteiger partial charge in [-0.2, -0.15) is 0 Å². The summed E-state index contributed by atoms with van der Waals surface area (Å²) in [6.45, 7) is -0.293. The quantitative estimate of drug-likeness (QED) is 0.610. The maximum Gasteiger partial charge on any atom is 0.326 e. The van der Waals surface area contributed by atoms with Crippen LogP contribution in [0.5, 0.6) is 0 Å². The van der Waals surface area contributed by atoms with E-state index in [1.165, 1.54) is 0 Å². The van der Waals surface area contributed by atoms with E-state index < -0.39 is 17.8 Å². The van der Waals surface area contributed by atoms with Gasteiger partial charge in [0.25, 0.3) is 11.8 Å². The first-order valence-corrected chi connectivity index (χ1v) is 7.71. The summed E-state index contributed by atoms with van der Waals surface area (Å²) in [5, 5.41) is 0. The Kier molecular flexibility index (Phi) is 4.25. The first kappa shape index (κ1) is 15.4. The zero-order valence-electron chi connectivity index (χ0n) is 12.0. The second kappa shape index (κ2) is 6.34. The third-order valence-corrected chi connectivity index (χ3v) is 4.01. The molecule has 0 saturated carbocycles. The van der Waals surface area contributed by atoms with E-state index in [0.29, 0.717) is 11.1 Å². The van der Waals surface area contributed by atoms with Crippen LogP contribution >= 0.6 is 15.9 Å². The normalized spacial score (nSPS) is 13.2. The zero-order chi connectivity index (χ0) is 16.4. The summed E-state index contributed by atoms with van der Waals surface area (Å²) >= 11 is 3.32. The number of esters is 1. The van der Waals surface area contributed by atoms with E-state index >= 15 is 0 Å². The fourth-order valence-electron chi connectivity index (χ4n) is 2.30. The Labute approximate surface area is 141 Å². The van der Waals surface area contributed by atoms with Crippen molar-refractivity contribution in [2.75, 3.05) is 6.54 Å². The Hall–Kier alpha value is -2.47. The van der Waals surface area contributed by atoms with Crippen LogP contribution < -0.4 is 0 Å². The predicted molar refractivity (Wildman–Crippen MR) is 85.7 cm³/mol. The number of amides is 2. The highest BCUT2D eigenvalue weighted by atomic mass is 79.9. The van der Waals surface area contributed by atoms with E-state index in [1.807, 2.05) is 24.3 Å². The van der Waals surface area contributed by atoms with Crippen molar-refractivity contribution in [3.63, 3.8) is 0 Å². The fourth-order valence-corrected chi connectivity index (χ4v) is 2.57. The summed E-state index contributed by atoms with van der Waals surface area (Å²) in [6.07, 6.45) is 0. The summed E-state index contributed by atoms with van der Waals surface area (Å²) in [6, 6.07) is 13.8. The van der Waals surface area contributed by atoms with Crippen molar-refractivity contribution in [3.05, 3.63) is 69.7 Å². The molecule has 0 unspecified atom stereocenters. The fraction of sp³-hybridized carbons (Fsp3) is 0.118. The van der Waals surface area contributed by atoms with Gasteiger partial charge in [-0.3, -0.25) is 19.3 Å². The van der Waals surface area contributed by atoms with E-state index in [1.54, 1.807) is 24.3 Å². The number of imide groups is 1. The van der Waals surface area contributed by atoms with Crippen LogP contribution in [0.4, 0.5) is 0 Å². The number of carbonyl (C=O) groups is 3. The Morgan fingerprint density at radius 1 is 0.957 bits per heavy atom. The molecule has 5 nitrogen and oxygen atoms in total. The smallest absolute Gasteiger partial charge is 0.326 e. The van der Waals surface area contributed by atoms with Crippen molar-refractivity contribution in [1.82, 2.24) is 4.90 Å². The van der Waals surface area contributed by atoms with Gasteiger partial charge in [-0.25, -0.2) is 0 Å². The molecular weight excluding hydrogens is 362 g/mol. The molecule has 1 aliphatic heterocycles. The number of benzene rings is 2. The molecule has 0 bridgehead atoms. The number of ether oxygens (including phenoxy) is 1. The van der Waals surface area contributed by atoms with Gasteiger partial charge in [0.15, 0.2) is 0 Å². The molecule has 0 spiro atoms. The van der Waals surface area contributed by atoms with Crippen molar-refractivity contribution < 1.29 is 19.1 Å². The highest BCUT2D eigenvalue weighted by Gasteiger charge is 2.36. The molecule has 3 rings (SSSR count). The Bertz CT molecular complexity index is 750. The minimum absolute atomic E-state index is 0.0925. The topological polar surface area (TPSA) is 63.7 Å². The Balaban J connectivity index is 1.62. The SMILES string of the molecule is O=C(CN1C(=O)c2ccccc2C1=O)OCc1ccc(Br)cc1. The lowest BCUT2D eigenvalue weighted by Gasteiger charge is -2.13. The predicted octanol–water partition coefficient (Wildman–Crippen LogP) is 2.79. The molecular formula is C17H12BrNO4. The molecule has 0 atom stereocenters. The maximum atomic E-state index is 12.1. The number of hydrogen-bond donors (Lipinski definition) is 0. The molecule has 23 heavy (non-hydrogen) atoms. The molecule has 2 aromatic carbocycles. The second-order valence-corrected chi connectivity index (χ2v) is 5.94. The minimum atomic E-state index is -0.623. The van der Waals surface area contributed by atoms with Crippen LogP contribution in [0.25, 0.3) is 0 Å². The van der Waals surface area contributed by atoms with Gasteiger partial charge in [0, 0.05) is 4.47 Å². The van der Waals surface area contributed by atoms with E-state index in [-0.39, 0.29) is 13.2 Å². The van der Waals surface area contributed by atoms with Gasteiger partial charge in [-0.05, 0) is 29.8 Å². The molecule has 0 radical (unpaired) electrons. The van der Waals surface area contributed by atoms with Crippen molar-refractivity contribution in [3.8, 4) is 0 Å². The first-order chi connectivity index (χ1) is 11.1. The summed E-state index contributed by atoms with van der Waals surface area (Å²) in [4.78, 5) is 37.1. The third kappa shape index (κ3) is 3.17. The van der Waals surface area contributed by atoms with E-state index in [2.05, 4.69) is 15.9 Å². The molecule has 1 aliphatic rings. The van der Waals surface area contributed by atoms with Gasteiger partial charge in [0.05, 0.1) is 11.1 Å². The summed E-state index contributed by atoms with van der Waals surface area (Å²) in [7, 11) is 0. The molecule has 6 heteroatoms. The molecule has 1 heterocycles. The van der Waals surface area contributed by atoms with Gasteiger partial charge in [0.2, 0.25) is 0 Å². The average molecular weight is 374 g/mol. The van der Waals surface area contributed by atoms with Crippen LogP contribution in [-0.4, -0.2) is 29.2 Å². The number of hydrogen-bond acceptors (Lipinski definition) is 4. The Morgan fingerprint density at radius 3 is 2.09 bits per heavy atom. The summed E-state index contributed by atoms with van der Waals surface area (Å²) in [5.41, 5.74) is 1.46. The van der Waals surface area contributed by atoms with Crippen LogP contribution in [-0.2, 0) is 16.1 Å². The molecule has 0 saturated heterocycles. The standard InChI is InChI=1S/C17H12BrNO4/c18-12-7-5-11(6-8-12)10-23-15(20)9-19-16(21)13-3-1-2-4-14(13)17(19)22/h1-8H,9-10H2.